The maximum Gasteiger partial charge on any atom is -0.0233 e. The molecule has 0 aliphatic rings. The zero-order chi connectivity index (χ0) is 15.1. The molecule has 0 fully saturated rings. The summed E-state index contributed by atoms with van der Waals surface area (Å²) in [7, 11) is 0. The van der Waals surface area contributed by atoms with Gasteiger partial charge < -0.3 is 0 Å². The molecule has 0 unspecified atom stereocenters. The highest BCUT2D eigenvalue weighted by Crippen LogP contribution is 2.11. The largest absolute Gasteiger partial charge is 0.0985 e. The first-order valence-corrected chi connectivity index (χ1v) is 6.87. The Bertz CT molecular complexity index is 548. The second kappa shape index (κ2) is 7.49. The van der Waals surface area contributed by atoms with E-state index in [1.165, 1.54) is 33.4 Å². The molecule has 0 bridgehead atoms. The third-order valence-electron chi connectivity index (χ3n) is 3.29. The zero-order valence-electron chi connectivity index (χ0n) is 13.0. The SMILES string of the molecule is C=Cc1ccc(C)cc1C.C=Cc1ccc(C)cc1C. The Balaban J connectivity index is 0.000000200. The van der Waals surface area contributed by atoms with Gasteiger partial charge >= 0.3 is 0 Å². The fourth-order valence-corrected chi connectivity index (χ4v) is 2.11. The van der Waals surface area contributed by atoms with Gasteiger partial charge in [0.1, 0.15) is 0 Å². The minimum atomic E-state index is 1.23. The molecule has 0 radical (unpaired) electrons. The van der Waals surface area contributed by atoms with Crippen LogP contribution in [0.4, 0.5) is 0 Å². The van der Waals surface area contributed by atoms with E-state index in [-0.39, 0.29) is 0 Å². The average molecular weight is 264 g/mol. The molecule has 0 heteroatoms. The first-order valence-electron chi connectivity index (χ1n) is 6.87. The van der Waals surface area contributed by atoms with Crippen molar-refractivity contribution in [3.05, 3.63) is 82.9 Å². The van der Waals surface area contributed by atoms with Gasteiger partial charge in [-0.05, 0) is 49.9 Å². The Hall–Kier alpha value is -2.08. The van der Waals surface area contributed by atoms with Crippen LogP contribution in [-0.2, 0) is 0 Å². The van der Waals surface area contributed by atoms with Crippen LogP contribution >= 0.6 is 0 Å². The Kier molecular flexibility index (Phi) is 5.99. The summed E-state index contributed by atoms with van der Waals surface area (Å²) in [6.45, 7) is 15.8. The Labute approximate surface area is 123 Å². The quantitative estimate of drug-likeness (QED) is 0.634. The van der Waals surface area contributed by atoms with Gasteiger partial charge in [0.05, 0.1) is 0 Å². The number of hydrogen-bond donors (Lipinski definition) is 0. The minimum absolute atomic E-state index is 1.23. The smallest absolute Gasteiger partial charge is 0.0233 e. The van der Waals surface area contributed by atoms with Crippen LogP contribution in [0.2, 0.25) is 0 Å². The molecule has 0 aromatic heterocycles. The van der Waals surface area contributed by atoms with Gasteiger partial charge in [0.15, 0.2) is 0 Å². The second-order valence-electron chi connectivity index (χ2n) is 5.13. The van der Waals surface area contributed by atoms with Gasteiger partial charge in [-0.25, -0.2) is 0 Å². The summed E-state index contributed by atoms with van der Waals surface area (Å²) in [6, 6.07) is 12.7. The predicted molar refractivity (Wildman–Crippen MR) is 92.0 cm³/mol. The Morgan fingerprint density at radius 2 is 1.00 bits per heavy atom. The highest BCUT2D eigenvalue weighted by atomic mass is 14.0. The van der Waals surface area contributed by atoms with Crippen LogP contribution in [0, 0.1) is 27.7 Å². The maximum atomic E-state index is 3.72. The Morgan fingerprint density at radius 1 is 0.650 bits per heavy atom. The summed E-state index contributed by atoms with van der Waals surface area (Å²) in [4.78, 5) is 0. The highest BCUT2D eigenvalue weighted by Gasteiger charge is 1.92. The first kappa shape index (κ1) is 16.0. The van der Waals surface area contributed by atoms with Crippen molar-refractivity contribution in [3.63, 3.8) is 0 Å². The lowest BCUT2D eigenvalue weighted by Crippen LogP contribution is -1.80. The van der Waals surface area contributed by atoms with E-state index in [0.29, 0.717) is 0 Å². The van der Waals surface area contributed by atoms with Crippen molar-refractivity contribution in [2.24, 2.45) is 0 Å². The van der Waals surface area contributed by atoms with Crippen molar-refractivity contribution in [2.75, 3.05) is 0 Å². The van der Waals surface area contributed by atoms with E-state index in [4.69, 9.17) is 0 Å². The molecular weight excluding hydrogens is 240 g/mol. The van der Waals surface area contributed by atoms with Crippen LogP contribution in [0.1, 0.15) is 33.4 Å². The fraction of sp³-hybridized carbons (Fsp3) is 0.200. The standard InChI is InChI=1S/2C10H12/c2*1-4-10-6-5-8(2)7-9(10)3/h2*4-7H,1H2,2-3H3. The molecule has 0 heterocycles. The fourth-order valence-electron chi connectivity index (χ4n) is 2.11. The van der Waals surface area contributed by atoms with Gasteiger partial charge in [-0.2, -0.15) is 0 Å². The molecule has 104 valence electrons. The van der Waals surface area contributed by atoms with Crippen LogP contribution in [0.15, 0.2) is 49.6 Å². The first-order chi connectivity index (χ1) is 9.47. The number of benzene rings is 2. The van der Waals surface area contributed by atoms with E-state index < -0.39 is 0 Å². The van der Waals surface area contributed by atoms with Gasteiger partial charge in [0.2, 0.25) is 0 Å². The van der Waals surface area contributed by atoms with Crippen LogP contribution < -0.4 is 0 Å². The summed E-state index contributed by atoms with van der Waals surface area (Å²) in [5.74, 6) is 0. The van der Waals surface area contributed by atoms with Crippen LogP contribution in [0.25, 0.3) is 12.2 Å². The molecule has 0 amide bonds. The molecular formula is C20H24. The molecule has 2 aromatic rings. The van der Waals surface area contributed by atoms with E-state index in [0.717, 1.165) is 0 Å². The number of hydrogen-bond acceptors (Lipinski definition) is 0. The lowest BCUT2D eigenvalue weighted by Gasteiger charge is -1.99. The number of aryl methyl sites for hydroxylation is 4. The zero-order valence-corrected chi connectivity index (χ0v) is 13.0. The van der Waals surface area contributed by atoms with Crippen molar-refractivity contribution < 1.29 is 0 Å². The van der Waals surface area contributed by atoms with Gasteiger partial charge in [-0.15, -0.1) is 0 Å². The molecule has 0 saturated carbocycles. The molecule has 2 aromatic carbocycles. The monoisotopic (exact) mass is 264 g/mol. The molecule has 2 rings (SSSR count). The van der Waals surface area contributed by atoms with Crippen molar-refractivity contribution in [1.29, 1.82) is 0 Å². The predicted octanol–water partition coefficient (Wildman–Crippen LogP) is 5.89. The highest BCUT2D eigenvalue weighted by molar-refractivity contribution is 5.52. The van der Waals surface area contributed by atoms with E-state index in [1.54, 1.807) is 0 Å². The molecule has 0 aliphatic carbocycles. The van der Waals surface area contributed by atoms with E-state index >= 15 is 0 Å². The van der Waals surface area contributed by atoms with Crippen molar-refractivity contribution in [1.82, 2.24) is 0 Å². The molecule has 0 N–H and O–H groups in total. The van der Waals surface area contributed by atoms with Crippen molar-refractivity contribution in [3.8, 4) is 0 Å². The Morgan fingerprint density at radius 3 is 1.25 bits per heavy atom. The molecule has 0 spiro atoms. The molecule has 0 aliphatic heterocycles. The second-order valence-corrected chi connectivity index (χ2v) is 5.13. The van der Waals surface area contributed by atoms with E-state index in [2.05, 4.69) is 77.3 Å². The summed E-state index contributed by atoms with van der Waals surface area (Å²) in [6.07, 6.45) is 3.77. The molecule has 0 atom stereocenters. The van der Waals surface area contributed by atoms with Crippen LogP contribution in [0.5, 0.6) is 0 Å². The molecule has 20 heavy (non-hydrogen) atoms. The maximum absolute atomic E-state index is 3.72. The topological polar surface area (TPSA) is 0 Å². The third-order valence-corrected chi connectivity index (χ3v) is 3.29. The van der Waals surface area contributed by atoms with Gasteiger partial charge in [-0.3, -0.25) is 0 Å². The normalized spacial score (nSPS) is 9.40. The lowest BCUT2D eigenvalue weighted by atomic mass is 10.1. The number of rotatable bonds is 2. The van der Waals surface area contributed by atoms with Crippen molar-refractivity contribution in [2.45, 2.75) is 27.7 Å². The summed E-state index contributed by atoms with van der Waals surface area (Å²) in [5, 5.41) is 0. The molecule has 0 saturated heterocycles. The van der Waals surface area contributed by atoms with Gasteiger partial charge in [0.25, 0.3) is 0 Å². The van der Waals surface area contributed by atoms with E-state index in [1.807, 2.05) is 12.2 Å². The van der Waals surface area contributed by atoms with E-state index in [9.17, 15) is 0 Å². The van der Waals surface area contributed by atoms with Gasteiger partial charge in [0, 0.05) is 0 Å². The summed E-state index contributed by atoms with van der Waals surface area (Å²) >= 11 is 0. The third kappa shape index (κ3) is 4.55. The van der Waals surface area contributed by atoms with Crippen LogP contribution in [-0.4, -0.2) is 0 Å². The van der Waals surface area contributed by atoms with Crippen molar-refractivity contribution >= 4 is 12.2 Å². The average Bonchev–Trinajstić information content (AvgIpc) is 2.40. The summed E-state index contributed by atoms with van der Waals surface area (Å²) < 4.78 is 0. The minimum Gasteiger partial charge on any atom is -0.0985 e. The molecule has 0 nitrogen and oxygen atoms in total. The van der Waals surface area contributed by atoms with Gasteiger partial charge in [-0.1, -0.05) is 72.8 Å². The summed E-state index contributed by atoms with van der Waals surface area (Å²) in [5.41, 5.74) is 7.67. The lowest BCUT2D eigenvalue weighted by molar-refractivity contribution is 1.37. The van der Waals surface area contributed by atoms with Crippen LogP contribution in [0.3, 0.4) is 0 Å².